The van der Waals surface area contributed by atoms with E-state index in [9.17, 15) is 5.11 Å². The van der Waals surface area contributed by atoms with E-state index < -0.39 is 11.9 Å². The van der Waals surface area contributed by atoms with Crippen LogP contribution in [0.5, 0.6) is 0 Å². The predicted molar refractivity (Wildman–Crippen MR) is 63.7 cm³/mol. The monoisotopic (exact) mass is 244 g/mol. The third-order valence-corrected chi connectivity index (χ3v) is 4.49. The van der Waals surface area contributed by atoms with Gasteiger partial charge in [0, 0.05) is 20.8 Å². The van der Waals surface area contributed by atoms with Gasteiger partial charge in [-0.25, -0.2) is 0 Å². The van der Waals surface area contributed by atoms with Gasteiger partial charge in [-0.3, -0.25) is 0 Å². The molecular formula is C13H24O4. The molecule has 1 aliphatic carbocycles. The molecule has 2 fully saturated rings. The molecule has 17 heavy (non-hydrogen) atoms. The maximum atomic E-state index is 10.6. The summed E-state index contributed by atoms with van der Waals surface area (Å²) in [6.07, 6.45) is 4.73. The second-order valence-corrected chi connectivity index (χ2v) is 5.60. The van der Waals surface area contributed by atoms with Gasteiger partial charge in [0.25, 0.3) is 0 Å². The lowest BCUT2D eigenvalue weighted by Gasteiger charge is -2.51. The van der Waals surface area contributed by atoms with Gasteiger partial charge in [-0.15, -0.1) is 0 Å². The van der Waals surface area contributed by atoms with Crippen LogP contribution in [-0.4, -0.2) is 43.4 Å². The molecule has 4 heteroatoms. The molecule has 0 aromatic rings. The summed E-state index contributed by atoms with van der Waals surface area (Å²) >= 11 is 0. The third-order valence-electron chi connectivity index (χ3n) is 4.49. The maximum absolute atomic E-state index is 10.6. The van der Waals surface area contributed by atoms with Crippen LogP contribution in [0.3, 0.4) is 0 Å². The average Bonchev–Trinajstić information content (AvgIpc) is 2.28. The fraction of sp³-hybridized carbons (Fsp3) is 1.00. The quantitative estimate of drug-likeness (QED) is 0.765. The number of hydrogen-bond donors (Lipinski definition) is 1. The molecule has 0 bridgehead atoms. The summed E-state index contributed by atoms with van der Waals surface area (Å²) in [4.78, 5) is 0. The molecule has 2 atom stereocenters. The van der Waals surface area contributed by atoms with E-state index in [4.69, 9.17) is 14.2 Å². The molecule has 1 N–H and O–H groups in total. The largest absolute Gasteiger partial charge is 0.385 e. The minimum absolute atomic E-state index is 0.0406. The van der Waals surface area contributed by atoms with Gasteiger partial charge in [0.2, 0.25) is 0 Å². The van der Waals surface area contributed by atoms with Gasteiger partial charge in [0.1, 0.15) is 5.60 Å². The van der Waals surface area contributed by atoms with Crippen LogP contribution in [0.4, 0.5) is 0 Å². The van der Waals surface area contributed by atoms with E-state index in [1.807, 2.05) is 6.92 Å². The van der Waals surface area contributed by atoms with Crippen molar-refractivity contribution in [3.8, 4) is 0 Å². The molecule has 1 spiro atoms. The van der Waals surface area contributed by atoms with Crippen molar-refractivity contribution < 1.29 is 19.3 Å². The van der Waals surface area contributed by atoms with E-state index in [0.717, 1.165) is 32.3 Å². The second kappa shape index (κ2) is 4.84. The lowest BCUT2D eigenvalue weighted by molar-refractivity contribution is -0.252. The molecule has 2 rings (SSSR count). The standard InChI is InChI=1S/C13H24O4/c1-12(14,11(15-2)16-3)10-5-8-17-13(9-10)6-4-7-13/h10-11,14H,4-9H2,1-3H3. The zero-order chi connectivity index (χ0) is 12.5. The van der Waals surface area contributed by atoms with Gasteiger partial charge in [0.05, 0.1) is 5.60 Å². The molecule has 2 unspecified atom stereocenters. The van der Waals surface area contributed by atoms with E-state index in [1.54, 1.807) is 14.2 Å². The second-order valence-electron chi connectivity index (χ2n) is 5.60. The Kier molecular flexibility index (Phi) is 3.78. The zero-order valence-electron chi connectivity index (χ0n) is 11.1. The van der Waals surface area contributed by atoms with Crippen LogP contribution in [0.1, 0.15) is 39.0 Å². The molecule has 0 radical (unpaired) electrons. The van der Waals surface area contributed by atoms with Crippen molar-refractivity contribution in [2.24, 2.45) is 5.92 Å². The zero-order valence-corrected chi connectivity index (χ0v) is 11.1. The summed E-state index contributed by atoms with van der Waals surface area (Å²) in [5, 5.41) is 10.6. The summed E-state index contributed by atoms with van der Waals surface area (Å²) in [5.74, 6) is 0.182. The topological polar surface area (TPSA) is 47.9 Å². The molecule has 0 aromatic carbocycles. The Balaban J connectivity index is 2.04. The van der Waals surface area contributed by atoms with Gasteiger partial charge in [-0.2, -0.15) is 0 Å². The Bertz CT molecular complexity index is 256. The van der Waals surface area contributed by atoms with E-state index >= 15 is 0 Å². The number of ether oxygens (including phenoxy) is 3. The first-order valence-corrected chi connectivity index (χ1v) is 6.46. The van der Waals surface area contributed by atoms with Gasteiger partial charge in [0.15, 0.2) is 6.29 Å². The van der Waals surface area contributed by atoms with Crippen LogP contribution in [-0.2, 0) is 14.2 Å². The molecule has 1 saturated heterocycles. The van der Waals surface area contributed by atoms with Crippen LogP contribution in [0.2, 0.25) is 0 Å². The van der Waals surface area contributed by atoms with Gasteiger partial charge < -0.3 is 19.3 Å². The SMILES string of the molecule is COC(OC)C(C)(O)C1CCOC2(CCC2)C1. The summed E-state index contributed by atoms with van der Waals surface area (Å²) in [6.45, 7) is 2.55. The first-order valence-electron chi connectivity index (χ1n) is 6.46. The number of hydrogen-bond acceptors (Lipinski definition) is 4. The van der Waals surface area contributed by atoms with Crippen LogP contribution in [0, 0.1) is 5.92 Å². The highest BCUT2D eigenvalue weighted by Crippen LogP contribution is 2.47. The van der Waals surface area contributed by atoms with Crippen LogP contribution in [0.15, 0.2) is 0 Å². The minimum Gasteiger partial charge on any atom is -0.385 e. The summed E-state index contributed by atoms with van der Waals surface area (Å²) in [6, 6.07) is 0. The van der Waals surface area contributed by atoms with Gasteiger partial charge >= 0.3 is 0 Å². The molecule has 2 aliphatic rings. The smallest absolute Gasteiger partial charge is 0.185 e. The lowest BCUT2D eigenvalue weighted by Crippen LogP contribution is -2.55. The molecule has 1 heterocycles. The third kappa shape index (κ3) is 2.36. The van der Waals surface area contributed by atoms with Crippen molar-refractivity contribution in [1.29, 1.82) is 0 Å². The molecule has 4 nitrogen and oxygen atoms in total. The highest BCUT2D eigenvalue weighted by atomic mass is 16.7. The Hall–Kier alpha value is -0.160. The highest BCUT2D eigenvalue weighted by molar-refractivity contribution is 4.99. The Morgan fingerprint density at radius 2 is 2.00 bits per heavy atom. The van der Waals surface area contributed by atoms with Gasteiger partial charge in [-0.1, -0.05) is 0 Å². The van der Waals surface area contributed by atoms with Crippen molar-refractivity contribution in [1.82, 2.24) is 0 Å². The van der Waals surface area contributed by atoms with Crippen LogP contribution in [0.25, 0.3) is 0 Å². The summed E-state index contributed by atoms with van der Waals surface area (Å²) in [7, 11) is 3.14. The fourth-order valence-corrected chi connectivity index (χ4v) is 3.21. The van der Waals surface area contributed by atoms with Crippen molar-refractivity contribution >= 4 is 0 Å². The van der Waals surface area contributed by atoms with Crippen molar-refractivity contribution in [3.05, 3.63) is 0 Å². The van der Waals surface area contributed by atoms with Crippen LogP contribution >= 0.6 is 0 Å². The molecule has 100 valence electrons. The summed E-state index contributed by atoms with van der Waals surface area (Å²) < 4.78 is 16.3. The first-order chi connectivity index (χ1) is 8.04. The Morgan fingerprint density at radius 3 is 2.47 bits per heavy atom. The number of aliphatic hydroxyl groups is 1. The Morgan fingerprint density at radius 1 is 1.35 bits per heavy atom. The van der Waals surface area contributed by atoms with Gasteiger partial charge in [-0.05, 0) is 44.9 Å². The lowest BCUT2D eigenvalue weighted by atomic mass is 9.68. The van der Waals surface area contributed by atoms with E-state index in [2.05, 4.69) is 0 Å². The average molecular weight is 244 g/mol. The molecule has 0 aromatic heterocycles. The van der Waals surface area contributed by atoms with Crippen molar-refractivity contribution in [2.75, 3.05) is 20.8 Å². The van der Waals surface area contributed by atoms with E-state index in [-0.39, 0.29) is 11.5 Å². The highest BCUT2D eigenvalue weighted by Gasteiger charge is 2.50. The summed E-state index contributed by atoms with van der Waals surface area (Å²) in [5.41, 5.74) is -0.908. The molecular weight excluding hydrogens is 220 g/mol. The normalized spacial score (nSPS) is 31.2. The number of methoxy groups -OCH3 is 2. The maximum Gasteiger partial charge on any atom is 0.185 e. The minimum atomic E-state index is -0.949. The number of rotatable bonds is 4. The van der Waals surface area contributed by atoms with Crippen molar-refractivity contribution in [2.45, 2.75) is 56.5 Å². The van der Waals surface area contributed by atoms with Crippen LogP contribution < -0.4 is 0 Å². The van der Waals surface area contributed by atoms with E-state index in [1.165, 1.54) is 6.42 Å². The predicted octanol–water partition coefficient (Wildman–Crippen LogP) is 1.71. The molecule has 0 amide bonds. The van der Waals surface area contributed by atoms with Crippen molar-refractivity contribution in [3.63, 3.8) is 0 Å². The fourth-order valence-electron chi connectivity index (χ4n) is 3.21. The molecule has 1 aliphatic heterocycles. The molecule has 1 saturated carbocycles. The van der Waals surface area contributed by atoms with E-state index in [0.29, 0.717) is 0 Å². The Labute approximate surface area is 103 Å². The first kappa shape index (κ1) is 13.3.